The Kier molecular flexibility index (Phi) is 1.68. The molecule has 0 radical (unpaired) electrons. The molecule has 0 amide bonds. The predicted octanol–water partition coefficient (Wildman–Crippen LogP) is 0.951. The van der Waals surface area contributed by atoms with Gasteiger partial charge in [0.25, 0.3) is 5.71 Å². The van der Waals surface area contributed by atoms with Crippen LogP contribution in [-0.2, 0) is 0 Å². The van der Waals surface area contributed by atoms with Crippen molar-refractivity contribution in [1.29, 1.82) is 0 Å². The monoisotopic (exact) mass is 239 g/mol. The van der Waals surface area contributed by atoms with E-state index in [1.54, 1.807) is 18.5 Å². The highest BCUT2D eigenvalue weighted by Gasteiger charge is 2.10. The summed E-state index contributed by atoms with van der Waals surface area (Å²) in [6.45, 7) is 0. The smallest absolute Gasteiger partial charge is 0.277 e. The van der Waals surface area contributed by atoms with E-state index in [0.29, 0.717) is 28.4 Å². The van der Waals surface area contributed by atoms with Gasteiger partial charge in [-0.25, -0.2) is 15.0 Å². The number of imidazole rings is 1. The molecule has 4 heterocycles. The number of H-pyrrole nitrogens is 1. The molecule has 0 atom stereocenters. The molecule has 8 nitrogen and oxygen atoms in total. The summed E-state index contributed by atoms with van der Waals surface area (Å²) in [7, 11) is 0. The molecule has 8 heteroatoms. The summed E-state index contributed by atoms with van der Waals surface area (Å²) < 4.78 is 4.96. The van der Waals surface area contributed by atoms with E-state index in [2.05, 4.69) is 35.3 Å². The van der Waals surface area contributed by atoms with Crippen LogP contribution >= 0.6 is 0 Å². The average Bonchev–Trinajstić information content (AvgIpc) is 3.04. The molecule has 1 N–H and O–H groups in total. The Hall–Kier alpha value is -2.90. The Morgan fingerprint density at radius 1 is 1.17 bits per heavy atom. The molecule has 18 heavy (non-hydrogen) atoms. The van der Waals surface area contributed by atoms with E-state index in [9.17, 15) is 0 Å². The van der Waals surface area contributed by atoms with Gasteiger partial charge < -0.3 is 9.51 Å². The Balaban J connectivity index is 1.94. The van der Waals surface area contributed by atoms with Crippen molar-refractivity contribution >= 4 is 22.4 Å². The molecule has 4 aromatic heterocycles. The van der Waals surface area contributed by atoms with Gasteiger partial charge in [0.15, 0.2) is 11.5 Å². The lowest BCUT2D eigenvalue weighted by Gasteiger charge is -1.92. The van der Waals surface area contributed by atoms with Gasteiger partial charge in [0.05, 0.1) is 24.1 Å². The molecular weight excluding hydrogens is 234 g/mol. The van der Waals surface area contributed by atoms with Crippen molar-refractivity contribution in [3.05, 3.63) is 24.7 Å². The average molecular weight is 239 g/mol. The van der Waals surface area contributed by atoms with Gasteiger partial charge in [-0.15, -0.1) is 5.10 Å². The van der Waals surface area contributed by atoms with Gasteiger partial charge in [0.2, 0.25) is 0 Å². The van der Waals surface area contributed by atoms with E-state index in [1.807, 2.05) is 0 Å². The zero-order chi connectivity index (χ0) is 11.9. The van der Waals surface area contributed by atoms with Crippen molar-refractivity contribution in [3.8, 4) is 11.5 Å². The van der Waals surface area contributed by atoms with E-state index in [-0.39, 0.29) is 0 Å². The lowest BCUT2D eigenvalue weighted by atomic mass is 10.4. The van der Waals surface area contributed by atoms with Crippen molar-refractivity contribution in [2.75, 3.05) is 0 Å². The van der Waals surface area contributed by atoms with Crippen LogP contribution in [0.3, 0.4) is 0 Å². The second-order valence-electron chi connectivity index (χ2n) is 3.63. The molecule has 0 fully saturated rings. The van der Waals surface area contributed by atoms with Crippen molar-refractivity contribution in [2.24, 2.45) is 0 Å². The Morgan fingerprint density at radius 2 is 2.17 bits per heavy atom. The van der Waals surface area contributed by atoms with Gasteiger partial charge in [0, 0.05) is 0 Å². The topological polar surface area (TPSA) is 106 Å². The third kappa shape index (κ3) is 1.25. The summed E-state index contributed by atoms with van der Waals surface area (Å²) >= 11 is 0. The number of aromatic amines is 1. The SMILES string of the molecule is c1cc2[nH]c(-c3cnc4cnoc4n3)nc2nn1. The van der Waals surface area contributed by atoms with Gasteiger partial charge in [-0.3, -0.25) is 0 Å². The summed E-state index contributed by atoms with van der Waals surface area (Å²) in [5.74, 6) is 0.566. The normalized spacial score (nSPS) is 11.3. The lowest BCUT2D eigenvalue weighted by molar-refractivity contribution is 0.448. The van der Waals surface area contributed by atoms with Gasteiger partial charge in [0.1, 0.15) is 11.2 Å². The number of hydrogen-bond acceptors (Lipinski definition) is 7. The van der Waals surface area contributed by atoms with Gasteiger partial charge in [-0.1, -0.05) is 5.16 Å². The van der Waals surface area contributed by atoms with Gasteiger partial charge in [-0.05, 0) is 6.07 Å². The number of rotatable bonds is 1. The van der Waals surface area contributed by atoms with Crippen LogP contribution in [0.5, 0.6) is 0 Å². The van der Waals surface area contributed by atoms with Crippen molar-refractivity contribution in [3.63, 3.8) is 0 Å². The molecule has 0 aromatic carbocycles. The largest absolute Gasteiger partial charge is 0.335 e. The first kappa shape index (κ1) is 9.16. The molecule has 0 aliphatic heterocycles. The number of nitrogens with zero attached hydrogens (tertiary/aromatic N) is 6. The fourth-order valence-corrected chi connectivity index (χ4v) is 1.66. The highest BCUT2D eigenvalue weighted by Crippen LogP contribution is 2.18. The molecule has 0 spiro atoms. The number of nitrogens with one attached hydrogen (secondary N) is 1. The Labute approximate surface area is 99.1 Å². The molecule has 4 rings (SSSR count). The third-order valence-electron chi connectivity index (χ3n) is 2.50. The maximum atomic E-state index is 4.96. The fraction of sp³-hybridized carbons (Fsp3) is 0. The van der Waals surface area contributed by atoms with Crippen LogP contribution in [0, 0.1) is 0 Å². The predicted molar refractivity (Wildman–Crippen MR) is 60.3 cm³/mol. The zero-order valence-electron chi connectivity index (χ0n) is 8.90. The zero-order valence-corrected chi connectivity index (χ0v) is 8.90. The summed E-state index contributed by atoms with van der Waals surface area (Å²) in [5.41, 5.74) is 2.87. The Morgan fingerprint density at radius 3 is 3.11 bits per heavy atom. The van der Waals surface area contributed by atoms with Crippen LogP contribution in [0.2, 0.25) is 0 Å². The van der Waals surface area contributed by atoms with Crippen LogP contribution in [0.4, 0.5) is 0 Å². The molecule has 4 aromatic rings. The molecule has 0 bridgehead atoms. The maximum absolute atomic E-state index is 4.96. The van der Waals surface area contributed by atoms with E-state index in [4.69, 9.17) is 4.52 Å². The molecule has 0 saturated carbocycles. The number of hydrogen-bond donors (Lipinski definition) is 1. The summed E-state index contributed by atoms with van der Waals surface area (Å²) in [6.07, 6.45) is 4.70. The van der Waals surface area contributed by atoms with Crippen LogP contribution < -0.4 is 0 Å². The molecule has 0 saturated heterocycles. The van der Waals surface area contributed by atoms with Crippen LogP contribution in [0.1, 0.15) is 0 Å². The Bertz CT molecular complexity index is 816. The highest BCUT2D eigenvalue weighted by molar-refractivity contribution is 5.75. The van der Waals surface area contributed by atoms with Crippen molar-refractivity contribution in [2.45, 2.75) is 0 Å². The first-order valence-corrected chi connectivity index (χ1v) is 5.15. The first-order chi connectivity index (χ1) is 8.90. The third-order valence-corrected chi connectivity index (χ3v) is 2.50. The fourth-order valence-electron chi connectivity index (χ4n) is 1.66. The van der Waals surface area contributed by atoms with Crippen LogP contribution in [-0.4, -0.2) is 35.3 Å². The molecular formula is C10H5N7O. The van der Waals surface area contributed by atoms with Crippen molar-refractivity contribution < 1.29 is 4.52 Å². The number of fused-ring (bicyclic) bond motifs is 2. The molecule has 0 aliphatic carbocycles. The second-order valence-corrected chi connectivity index (χ2v) is 3.63. The summed E-state index contributed by atoms with van der Waals surface area (Å²) in [4.78, 5) is 15.8. The molecule has 86 valence electrons. The van der Waals surface area contributed by atoms with Crippen LogP contribution in [0.15, 0.2) is 29.2 Å². The lowest BCUT2D eigenvalue weighted by Crippen LogP contribution is -1.87. The van der Waals surface area contributed by atoms with E-state index in [0.717, 1.165) is 5.52 Å². The van der Waals surface area contributed by atoms with Gasteiger partial charge >= 0.3 is 0 Å². The minimum absolute atomic E-state index is 0.374. The van der Waals surface area contributed by atoms with Crippen LogP contribution in [0.25, 0.3) is 33.9 Å². The second kappa shape index (κ2) is 3.29. The highest BCUT2D eigenvalue weighted by atomic mass is 16.5. The number of aromatic nitrogens is 7. The first-order valence-electron chi connectivity index (χ1n) is 5.15. The minimum Gasteiger partial charge on any atom is -0.335 e. The summed E-state index contributed by atoms with van der Waals surface area (Å²) in [5, 5.41) is 11.3. The molecule has 0 aliphatic rings. The maximum Gasteiger partial charge on any atom is 0.277 e. The minimum atomic E-state index is 0.374. The quantitative estimate of drug-likeness (QED) is 0.527. The van der Waals surface area contributed by atoms with Crippen molar-refractivity contribution in [1.82, 2.24) is 35.3 Å². The van der Waals surface area contributed by atoms with Gasteiger partial charge in [-0.2, -0.15) is 5.10 Å². The van der Waals surface area contributed by atoms with E-state index < -0.39 is 0 Å². The van der Waals surface area contributed by atoms with E-state index in [1.165, 1.54) is 6.20 Å². The standard InChI is InChI=1S/C10H5N7O/c1-2-12-17-9-5(1)14-8(16-9)6-3-11-7-4-13-18-10(7)15-6/h1-4H,(H,14,16,17). The summed E-state index contributed by atoms with van der Waals surface area (Å²) in [6, 6.07) is 1.79. The molecule has 0 unspecified atom stereocenters. The van der Waals surface area contributed by atoms with E-state index >= 15 is 0 Å².